The summed E-state index contributed by atoms with van der Waals surface area (Å²) in [5.41, 5.74) is 10.9. The Morgan fingerprint density at radius 2 is 1.93 bits per heavy atom. The molecule has 0 aromatic heterocycles. The Morgan fingerprint density at radius 3 is 2.46 bits per heavy atom. The molecule has 0 radical (unpaired) electrons. The Hall–Kier alpha value is -1.77. The van der Waals surface area contributed by atoms with Gasteiger partial charge in [-0.1, -0.05) is 43.3 Å². The maximum absolute atomic E-state index is 14.1. The number of Topliss-reactive ketones (excluding diaryl/α,β-unsaturated/α-hetero) is 1. The lowest BCUT2D eigenvalue weighted by molar-refractivity contribution is -0.138. The number of carbonyl (C=O) groups is 1. The molecule has 1 saturated carbocycles. The highest BCUT2D eigenvalue weighted by atomic mass is 16.5. The molecule has 3 aliphatic rings. The zero-order valence-corrected chi connectivity index (χ0v) is 17.1. The van der Waals surface area contributed by atoms with Crippen molar-refractivity contribution in [1.29, 1.82) is 0 Å². The van der Waals surface area contributed by atoms with Gasteiger partial charge >= 0.3 is 0 Å². The minimum absolute atomic E-state index is 0.132. The third-order valence-electron chi connectivity index (χ3n) is 7.65. The van der Waals surface area contributed by atoms with Crippen molar-refractivity contribution in [3.63, 3.8) is 0 Å². The highest BCUT2D eigenvalue weighted by Gasteiger charge is 2.73. The number of hydrogen-bond donors (Lipinski definition) is 2. The molecule has 1 fully saturated rings. The van der Waals surface area contributed by atoms with E-state index in [4.69, 9.17) is 16.2 Å². The highest BCUT2D eigenvalue weighted by Crippen LogP contribution is 2.62. The minimum atomic E-state index is -1.59. The number of nitroso groups, excluding NO2 is 2. The van der Waals surface area contributed by atoms with Crippen molar-refractivity contribution in [3.8, 4) is 0 Å². The van der Waals surface area contributed by atoms with E-state index in [0.717, 1.165) is 5.57 Å². The summed E-state index contributed by atoms with van der Waals surface area (Å²) in [6.07, 6.45) is 3.32. The van der Waals surface area contributed by atoms with E-state index in [1.807, 2.05) is 33.8 Å². The second kappa shape index (κ2) is 6.64. The van der Waals surface area contributed by atoms with Crippen molar-refractivity contribution in [3.05, 3.63) is 33.1 Å². The normalized spacial score (nSPS) is 44.7. The Kier molecular flexibility index (Phi) is 4.97. The first kappa shape index (κ1) is 21.0. The third-order valence-corrected chi connectivity index (χ3v) is 7.65. The van der Waals surface area contributed by atoms with Gasteiger partial charge in [0.15, 0.2) is 11.3 Å². The maximum atomic E-state index is 14.1. The number of methoxy groups -OCH3 is 1. The van der Waals surface area contributed by atoms with Crippen LogP contribution < -0.4 is 11.5 Å². The molecule has 0 aromatic rings. The molecule has 3 rings (SSSR count). The smallest absolute Gasteiger partial charge is 0.167 e. The molecule has 7 atom stereocenters. The van der Waals surface area contributed by atoms with E-state index < -0.39 is 34.4 Å². The van der Waals surface area contributed by atoms with Gasteiger partial charge in [-0.05, 0) is 35.8 Å². The molecule has 28 heavy (non-hydrogen) atoms. The summed E-state index contributed by atoms with van der Waals surface area (Å²) < 4.78 is 5.68. The lowest BCUT2D eigenvalue weighted by Gasteiger charge is -2.47. The van der Waals surface area contributed by atoms with Crippen molar-refractivity contribution in [2.24, 2.45) is 44.5 Å². The standard InChI is InChI=1S/C20H30N4O4/c1-10-8-19-11(2)6-14(21)18(3,4)13(16(19)25)7-12(9-23-26)15(22)20(19,24-27)17(10)28-5/h7-8,11,13-15,17H,6,9,21-22H2,1-5H3/t11-,13?,14?,15?,17?,19?,20?/m1/s1. The maximum Gasteiger partial charge on any atom is 0.167 e. The average molecular weight is 390 g/mol. The SMILES string of the molecule is COC1C(C)=CC23C(=O)C(C=C(CN=O)C(N)C12N=O)C(C)(C)C(N)C[C@H]3C. The second-order valence-corrected chi connectivity index (χ2v) is 9.20. The molecule has 0 saturated heterocycles. The molecule has 8 nitrogen and oxygen atoms in total. The van der Waals surface area contributed by atoms with Crippen LogP contribution in [0, 0.1) is 32.5 Å². The van der Waals surface area contributed by atoms with Crippen LogP contribution >= 0.6 is 0 Å². The van der Waals surface area contributed by atoms with Gasteiger partial charge in [0.05, 0.1) is 11.5 Å². The molecule has 2 bridgehead atoms. The fourth-order valence-corrected chi connectivity index (χ4v) is 5.94. The molecule has 0 heterocycles. The van der Waals surface area contributed by atoms with Crippen LogP contribution in [0.5, 0.6) is 0 Å². The van der Waals surface area contributed by atoms with Crippen LogP contribution in [0.25, 0.3) is 0 Å². The van der Waals surface area contributed by atoms with Gasteiger partial charge in [0.25, 0.3) is 0 Å². The zero-order chi connectivity index (χ0) is 21.1. The Balaban J connectivity index is 2.43. The first-order valence-corrected chi connectivity index (χ1v) is 9.68. The van der Waals surface area contributed by atoms with E-state index in [-0.39, 0.29) is 24.3 Å². The Bertz CT molecular complexity index is 776. The average Bonchev–Trinajstić information content (AvgIpc) is 2.86. The van der Waals surface area contributed by atoms with E-state index >= 15 is 0 Å². The number of nitrogens with zero attached hydrogens (tertiary/aromatic N) is 2. The fraction of sp³-hybridized carbons (Fsp3) is 0.750. The molecule has 0 amide bonds. The van der Waals surface area contributed by atoms with Crippen LogP contribution in [0.2, 0.25) is 0 Å². The second-order valence-electron chi connectivity index (χ2n) is 9.20. The van der Waals surface area contributed by atoms with Gasteiger partial charge in [0.2, 0.25) is 0 Å². The number of nitrogens with two attached hydrogens (primary N) is 2. The number of ketones is 1. The zero-order valence-electron chi connectivity index (χ0n) is 17.1. The van der Waals surface area contributed by atoms with Gasteiger partial charge in [0.1, 0.15) is 12.6 Å². The lowest BCUT2D eigenvalue weighted by Crippen LogP contribution is -2.66. The summed E-state index contributed by atoms with van der Waals surface area (Å²) in [5, 5.41) is 6.55. The molecule has 8 heteroatoms. The van der Waals surface area contributed by atoms with E-state index in [2.05, 4.69) is 10.4 Å². The molecule has 154 valence electrons. The number of hydrogen-bond acceptors (Lipinski definition) is 8. The predicted molar refractivity (Wildman–Crippen MR) is 106 cm³/mol. The van der Waals surface area contributed by atoms with Gasteiger partial charge in [-0.25, -0.2) is 0 Å². The van der Waals surface area contributed by atoms with Gasteiger partial charge in [-0.15, -0.1) is 4.91 Å². The first-order valence-electron chi connectivity index (χ1n) is 9.68. The van der Waals surface area contributed by atoms with Gasteiger partial charge in [-0.2, -0.15) is 4.91 Å². The Labute approximate surface area is 165 Å². The topological polar surface area (TPSA) is 137 Å². The third kappa shape index (κ3) is 2.25. The van der Waals surface area contributed by atoms with E-state index in [9.17, 15) is 14.6 Å². The number of rotatable bonds is 4. The van der Waals surface area contributed by atoms with Crippen LogP contribution in [-0.4, -0.2) is 43.2 Å². The number of allylic oxidation sites excluding steroid dienone is 1. The van der Waals surface area contributed by atoms with Gasteiger partial charge in [0, 0.05) is 19.1 Å². The van der Waals surface area contributed by atoms with E-state index in [0.29, 0.717) is 12.0 Å². The summed E-state index contributed by atoms with van der Waals surface area (Å²) >= 11 is 0. The summed E-state index contributed by atoms with van der Waals surface area (Å²) in [5.74, 6) is -1.03. The predicted octanol–water partition coefficient (Wildman–Crippen LogP) is 2.07. The van der Waals surface area contributed by atoms with E-state index in [1.54, 1.807) is 6.08 Å². The lowest BCUT2D eigenvalue weighted by atomic mass is 9.57. The van der Waals surface area contributed by atoms with Gasteiger partial charge in [-0.3, -0.25) is 4.79 Å². The van der Waals surface area contributed by atoms with Crippen molar-refractivity contribution in [2.75, 3.05) is 13.7 Å². The minimum Gasteiger partial charge on any atom is -0.374 e. The highest BCUT2D eigenvalue weighted by molar-refractivity contribution is 5.95. The van der Waals surface area contributed by atoms with Crippen LogP contribution in [0.4, 0.5) is 0 Å². The molecule has 4 N–H and O–H groups in total. The number of ether oxygens (including phenoxy) is 1. The van der Waals surface area contributed by atoms with Crippen LogP contribution in [0.3, 0.4) is 0 Å². The number of carbonyl (C=O) groups excluding carboxylic acids is 1. The van der Waals surface area contributed by atoms with Crippen LogP contribution in [0.1, 0.15) is 34.1 Å². The van der Waals surface area contributed by atoms with Crippen LogP contribution in [-0.2, 0) is 9.53 Å². The van der Waals surface area contributed by atoms with Crippen molar-refractivity contribution in [2.45, 2.75) is 57.8 Å². The summed E-state index contributed by atoms with van der Waals surface area (Å²) in [4.78, 5) is 37.8. The molecular formula is C20H30N4O4. The van der Waals surface area contributed by atoms with E-state index in [1.165, 1.54) is 7.11 Å². The van der Waals surface area contributed by atoms with Crippen molar-refractivity contribution in [1.82, 2.24) is 0 Å². The molecule has 1 spiro atoms. The first-order chi connectivity index (χ1) is 13.1. The van der Waals surface area contributed by atoms with Crippen molar-refractivity contribution >= 4 is 5.78 Å². The summed E-state index contributed by atoms with van der Waals surface area (Å²) in [7, 11) is 1.48. The molecule has 6 unspecified atom stereocenters. The monoisotopic (exact) mass is 390 g/mol. The van der Waals surface area contributed by atoms with Crippen LogP contribution in [0.15, 0.2) is 33.7 Å². The summed E-state index contributed by atoms with van der Waals surface area (Å²) in [6.45, 7) is 7.42. The molecule has 0 aliphatic heterocycles. The molecule has 3 aliphatic carbocycles. The molecular weight excluding hydrogens is 360 g/mol. The Morgan fingerprint density at radius 1 is 1.29 bits per heavy atom. The van der Waals surface area contributed by atoms with Gasteiger partial charge < -0.3 is 16.2 Å². The van der Waals surface area contributed by atoms with Crippen molar-refractivity contribution < 1.29 is 9.53 Å². The summed E-state index contributed by atoms with van der Waals surface area (Å²) in [6, 6.07) is -1.26. The largest absolute Gasteiger partial charge is 0.374 e. The fourth-order valence-electron chi connectivity index (χ4n) is 5.94. The molecule has 0 aromatic carbocycles. The quantitative estimate of drug-likeness (QED) is 0.557. The number of fused-ring (bicyclic) bond motifs is 1.